The molecular formula is C31H37N3O3. The number of para-hydroxylation sites is 2. The number of nitrogens with one attached hydrogen (secondary N) is 1. The second-order valence-electron chi connectivity index (χ2n) is 9.41. The summed E-state index contributed by atoms with van der Waals surface area (Å²) in [5, 5.41) is 3.01. The van der Waals surface area contributed by atoms with E-state index in [1.54, 1.807) is 19.2 Å². The Hall–Kier alpha value is -3.80. The third-order valence-corrected chi connectivity index (χ3v) is 6.70. The number of aromatic nitrogens is 2. The van der Waals surface area contributed by atoms with Crippen molar-refractivity contribution in [2.45, 2.75) is 52.5 Å². The molecule has 0 aliphatic rings. The first-order chi connectivity index (χ1) is 18.0. The Morgan fingerprint density at radius 3 is 2.59 bits per heavy atom. The molecule has 194 valence electrons. The Morgan fingerprint density at radius 2 is 1.76 bits per heavy atom. The van der Waals surface area contributed by atoms with Crippen LogP contribution in [0.15, 0.2) is 66.7 Å². The summed E-state index contributed by atoms with van der Waals surface area (Å²) in [6.45, 7) is 6.42. The van der Waals surface area contributed by atoms with Crippen molar-refractivity contribution in [1.29, 1.82) is 0 Å². The fourth-order valence-electron chi connectivity index (χ4n) is 4.44. The number of methoxy groups -OCH3 is 1. The normalized spacial score (nSPS) is 11.0. The van der Waals surface area contributed by atoms with Crippen molar-refractivity contribution in [2.24, 2.45) is 0 Å². The van der Waals surface area contributed by atoms with E-state index in [0.717, 1.165) is 55.7 Å². The molecule has 37 heavy (non-hydrogen) atoms. The summed E-state index contributed by atoms with van der Waals surface area (Å²) >= 11 is 0. The van der Waals surface area contributed by atoms with Gasteiger partial charge in [0.2, 0.25) is 0 Å². The van der Waals surface area contributed by atoms with Gasteiger partial charge in [-0.2, -0.15) is 0 Å². The first kappa shape index (κ1) is 26.3. The smallest absolute Gasteiger partial charge is 0.251 e. The fourth-order valence-corrected chi connectivity index (χ4v) is 4.44. The van der Waals surface area contributed by atoms with Crippen LogP contribution < -0.4 is 14.8 Å². The lowest BCUT2D eigenvalue weighted by Gasteiger charge is -2.11. The van der Waals surface area contributed by atoms with Crippen molar-refractivity contribution in [3.63, 3.8) is 0 Å². The van der Waals surface area contributed by atoms with Gasteiger partial charge < -0.3 is 19.4 Å². The highest BCUT2D eigenvalue weighted by molar-refractivity contribution is 5.94. The molecule has 1 amide bonds. The Labute approximate surface area is 219 Å². The standard InChI is InChI=1S/C31H37N3O3/c1-23-16-17-27(21-24(23)2)37-20-10-19-34-29-14-7-6-13-28(29)33-30(34)15-5-4-8-18-32-31(35)25-11-9-12-26(22-25)36-3/h6-7,9,11-14,16-17,21-22H,4-5,8,10,15,18-20H2,1-3H3,(H,32,35). The molecule has 0 fully saturated rings. The number of fused-ring (bicyclic) bond motifs is 1. The van der Waals surface area contributed by atoms with Crippen molar-refractivity contribution in [3.8, 4) is 11.5 Å². The number of aryl methyl sites for hydroxylation is 4. The summed E-state index contributed by atoms with van der Waals surface area (Å²) in [7, 11) is 1.60. The molecule has 0 saturated carbocycles. The van der Waals surface area contributed by atoms with Gasteiger partial charge in [-0.15, -0.1) is 0 Å². The van der Waals surface area contributed by atoms with Crippen molar-refractivity contribution in [2.75, 3.05) is 20.3 Å². The molecule has 1 aromatic heterocycles. The van der Waals surface area contributed by atoms with Crippen LogP contribution in [0.5, 0.6) is 11.5 Å². The molecule has 0 bridgehead atoms. The number of nitrogens with zero attached hydrogens (tertiary/aromatic N) is 2. The second kappa shape index (κ2) is 12.9. The van der Waals surface area contributed by atoms with Crippen LogP contribution >= 0.6 is 0 Å². The fraction of sp³-hybridized carbons (Fsp3) is 0.355. The largest absolute Gasteiger partial charge is 0.497 e. The van der Waals surface area contributed by atoms with E-state index < -0.39 is 0 Å². The van der Waals surface area contributed by atoms with Crippen LogP contribution in [0, 0.1) is 13.8 Å². The van der Waals surface area contributed by atoms with Crippen LogP contribution in [0.1, 0.15) is 53.0 Å². The van der Waals surface area contributed by atoms with E-state index in [9.17, 15) is 4.79 Å². The van der Waals surface area contributed by atoms with Gasteiger partial charge in [0.05, 0.1) is 24.8 Å². The second-order valence-corrected chi connectivity index (χ2v) is 9.41. The van der Waals surface area contributed by atoms with Gasteiger partial charge in [0, 0.05) is 25.1 Å². The van der Waals surface area contributed by atoms with Crippen LogP contribution in [-0.4, -0.2) is 35.7 Å². The summed E-state index contributed by atoms with van der Waals surface area (Å²) in [5.41, 5.74) is 5.36. The highest BCUT2D eigenvalue weighted by Gasteiger charge is 2.11. The van der Waals surface area contributed by atoms with Crippen LogP contribution in [-0.2, 0) is 13.0 Å². The van der Waals surface area contributed by atoms with Crippen molar-refractivity contribution < 1.29 is 14.3 Å². The topological polar surface area (TPSA) is 65.4 Å². The average molecular weight is 500 g/mol. The van der Waals surface area contributed by atoms with E-state index >= 15 is 0 Å². The molecule has 0 aliphatic carbocycles. The van der Waals surface area contributed by atoms with Gasteiger partial charge in [0.1, 0.15) is 17.3 Å². The molecule has 0 radical (unpaired) electrons. The zero-order valence-electron chi connectivity index (χ0n) is 22.1. The minimum atomic E-state index is -0.0660. The van der Waals surface area contributed by atoms with E-state index in [-0.39, 0.29) is 5.91 Å². The number of carbonyl (C=O) groups is 1. The summed E-state index contributed by atoms with van der Waals surface area (Å²) < 4.78 is 13.5. The number of hydrogen-bond donors (Lipinski definition) is 1. The van der Waals surface area contributed by atoms with E-state index in [2.05, 4.69) is 54.1 Å². The zero-order valence-corrected chi connectivity index (χ0v) is 22.1. The lowest BCUT2D eigenvalue weighted by Crippen LogP contribution is -2.24. The molecule has 4 rings (SSSR count). The monoisotopic (exact) mass is 499 g/mol. The molecular weight excluding hydrogens is 462 g/mol. The van der Waals surface area contributed by atoms with Crippen LogP contribution in [0.3, 0.4) is 0 Å². The molecule has 3 aromatic carbocycles. The quantitative estimate of drug-likeness (QED) is 0.220. The first-order valence-electron chi connectivity index (χ1n) is 13.1. The van der Waals surface area contributed by atoms with Crippen LogP contribution in [0.4, 0.5) is 0 Å². The SMILES string of the molecule is COc1cccc(C(=O)NCCCCCc2nc3ccccc3n2CCCOc2ccc(C)c(C)c2)c1. The number of benzene rings is 3. The highest BCUT2D eigenvalue weighted by atomic mass is 16.5. The number of rotatable bonds is 13. The molecule has 0 saturated heterocycles. The maximum Gasteiger partial charge on any atom is 0.251 e. The number of hydrogen-bond acceptors (Lipinski definition) is 4. The molecule has 0 unspecified atom stereocenters. The van der Waals surface area contributed by atoms with Crippen molar-refractivity contribution >= 4 is 16.9 Å². The summed E-state index contributed by atoms with van der Waals surface area (Å²) in [6, 6.07) is 21.8. The van der Waals surface area contributed by atoms with Crippen molar-refractivity contribution in [3.05, 3.63) is 89.2 Å². The minimum absolute atomic E-state index is 0.0660. The molecule has 6 heteroatoms. The van der Waals surface area contributed by atoms with Gasteiger partial charge in [0.25, 0.3) is 5.91 Å². The third-order valence-electron chi connectivity index (χ3n) is 6.70. The maximum atomic E-state index is 12.4. The zero-order chi connectivity index (χ0) is 26.0. The lowest BCUT2D eigenvalue weighted by molar-refractivity contribution is 0.0952. The molecule has 6 nitrogen and oxygen atoms in total. The molecule has 1 heterocycles. The van der Waals surface area contributed by atoms with Crippen LogP contribution in [0.25, 0.3) is 11.0 Å². The number of unbranched alkanes of at least 4 members (excludes halogenated alkanes) is 2. The Kier molecular flexibility index (Phi) is 9.19. The lowest BCUT2D eigenvalue weighted by atomic mass is 10.1. The van der Waals surface area contributed by atoms with Gasteiger partial charge in [-0.1, -0.05) is 30.7 Å². The Balaban J connectivity index is 1.24. The third kappa shape index (κ3) is 7.13. The number of carbonyl (C=O) groups excluding carboxylic acids is 1. The summed E-state index contributed by atoms with van der Waals surface area (Å²) in [4.78, 5) is 17.3. The number of amides is 1. The maximum absolute atomic E-state index is 12.4. The van der Waals surface area contributed by atoms with Gasteiger partial charge in [0.15, 0.2) is 0 Å². The van der Waals surface area contributed by atoms with E-state index in [1.807, 2.05) is 24.3 Å². The molecule has 0 aliphatic heterocycles. The number of imidazole rings is 1. The van der Waals surface area contributed by atoms with Crippen LogP contribution in [0.2, 0.25) is 0 Å². The highest BCUT2D eigenvalue weighted by Crippen LogP contribution is 2.20. The molecule has 0 spiro atoms. The first-order valence-corrected chi connectivity index (χ1v) is 13.1. The Morgan fingerprint density at radius 1 is 0.892 bits per heavy atom. The predicted molar refractivity (Wildman–Crippen MR) is 149 cm³/mol. The predicted octanol–water partition coefficient (Wildman–Crippen LogP) is 6.27. The Bertz CT molecular complexity index is 1330. The van der Waals surface area contributed by atoms with Gasteiger partial charge in [-0.3, -0.25) is 4.79 Å². The van der Waals surface area contributed by atoms with E-state index in [1.165, 1.54) is 16.6 Å². The van der Waals surface area contributed by atoms with Crippen molar-refractivity contribution in [1.82, 2.24) is 14.9 Å². The van der Waals surface area contributed by atoms with Gasteiger partial charge in [-0.25, -0.2) is 4.98 Å². The summed E-state index contributed by atoms with van der Waals surface area (Å²) in [5.74, 6) is 2.67. The number of ether oxygens (including phenoxy) is 2. The minimum Gasteiger partial charge on any atom is -0.497 e. The van der Waals surface area contributed by atoms with E-state index in [0.29, 0.717) is 24.5 Å². The summed E-state index contributed by atoms with van der Waals surface area (Å²) in [6.07, 6.45) is 4.81. The molecule has 1 N–H and O–H groups in total. The van der Waals surface area contributed by atoms with Gasteiger partial charge >= 0.3 is 0 Å². The molecule has 0 atom stereocenters. The van der Waals surface area contributed by atoms with Gasteiger partial charge in [-0.05, 0) is 86.7 Å². The van der Waals surface area contributed by atoms with E-state index in [4.69, 9.17) is 14.5 Å². The molecule has 4 aromatic rings. The average Bonchev–Trinajstić information content (AvgIpc) is 3.27.